The second-order valence-electron chi connectivity index (χ2n) is 5.20. The highest BCUT2D eigenvalue weighted by atomic mass is 16.2. The molecule has 0 aromatic rings. The summed E-state index contributed by atoms with van der Waals surface area (Å²) >= 11 is 0. The number of hydrogen-bond acceptors (Lipinski definition) is 2. The van der Waals surface area contributed by atoms with Gasteiger partial charge in [-0.05, 0) is 25.7 Å². The monoisotopic (exact) mass is 254 g/mol. The highest BCUT2D eigenvalue weighted by molar-refractivity contribution is 5.76. The number of amides is 2. The number of nitrogens with one attached hydrogen (secondary N) is 2. The zero-order chi connectivity index (χ0) is 13.2. The second kappa shape index (κ2) is 8.95. The summed E-state index contributed by atoms with van der Waals surface area (Å²) in [5.41, 5.74) is 0. The summed E-state index contributed by atoms with van der Waals surface area (Å²) in [4.78, 5) is 22.3. The topological polar surface area (TPSA) is 58.2 Å². The minimum absolute atomic E-state index is 0.0186. The standard InChI is InChI=1S/C14H26N2O2/c1-12(17)15-11-7-3-6-10-14(18)16-13-8-4-2-5-9-13/h13H,2-11H2,1H3,(H,15,17)(H,16,18). The minimum atomic E-state index is 0.0186. The molecule has 0 aromatic carbocycles. The molecule has 0 aromatic heterocycles. The SMILES string of the molecule is CC(=O)NCCCCCC(=O)NC1CCCCC1. The average Bonchev–Trinajstić information content (AvgIpc) is 2.34. The van der Waals surface area contributed by atoms with E-state index >= 15 is 0 Å². The number of hydrogen-bond donors (Lipinski definition) is 2. The molecule has 0 aliphatic heterocycles. The minimum Gasteiger partial charge on any atom is -0.356 e. The van der Waals surface area contributed by atoms with Gasteiger partial charge in [-0.25, -0.2) is 0 Å². The van der Waals surface area contributed by atoms with Crippen molar-refractivity contribution in [2.45, 2.75) is 70.8 Å². The fraction of sp³-hybridized carbons (Fsp3) is 0.857. The number of carbonyl (C=O) groups excluding carboxylic acids is 2. The molecule has 1 saturated carbocycles. The zero-order valence-electron chi connectivity index (χ0n) is 11.5. The van der Waals surface area contributed by atoms with Crippen LogP contribution in [0.1, 0.15) is 64.7 Å². The number of carbonyl (C=O) groups is 2. The molecule has 104 valence electrons. The molecule has 0 radical (unpaired) electrons. The fourth-order valence-electron chi connectivity index (χ4n) is 2.40. The quantitative estimate of drug-likeness (QED) is 0.684. The lowest BCUT2D eigenvalue weighted by molar-refractivity contribution is -0.122. The van der Waals surface area contributed by atoms with Crippen molar-refractivity contribution >= 4 is 11.8 Å². The molecule has 0 atom stereocenters. The van der Waals surface area contributed by atoms with Gasteiger partial charge in [0.2, 0.25) is 11.8 Å². The summed E-state index contributed by atoms with van der Waals surface area (Å²) < 4.78 is 0. The molecule has 1 aliphatic carbocycles. The summed E-state index contributed by atoms with van der Waals surface area (Å²) in [6.07, 6.45) is 9.60. The molecular formula is C14H26N2O2. The Morgan fingerprint density at radius 3 is 2.44 bits per heavy atom. The molecule has 0 saturated heterocycles. The summed E-state index contributed by atoms with van der Waals surface area (Å²) in [6, 6.07) is 0.422. The molecule has 4 heteroatoms. The van der Waals surface area contributed by atoms with Crippen LogP contribution >= 0.6 is 0 Å². The summed E-state index contributed by atoms with van der Waals surface area (Å²) in [7, 11) is 0. The van der Waals surface area contributed by atoms with E-state index in [1.165, 1.54) is 26.2 Å². The smallest absolute Gasteiger partial charge is 0.220 e. The third-order valence-corrected chi connectivity index (χ3v) is 3.42. The molecule has 4 nitrogen and oxygen atoms in total. The molecule has 0 unspecified atom stereocenters. The van der Waals surface area contributed by atoms with E-state index in [0.29, 0.717) is 12.5 Å². The van der Waals surface area contributed by atoms with Crippen molar-refractivity contribution in [3.05, 3.63) is 0 Å². The lowest BCUT2D eigenvalue weighted by Crippen LogP contribution is -2.35. The van der Waals surface area contributed by atoms with Crippen molar-refractivity contribution in [3.8, 4) is 0 Å². The Kier molecular flexibility index (Phi) is 7.46. The molecule has 1 rings (SSSR count). The maximum atomic E-state index is 11.7. The van der Waals surface area contributed by atoms with Gasteiger partial charge in [-0.15, -0.1) is 0 Å². The van der Waals surface area contributed by atoms with Gasteiger partial charge < -0.3 is 10.6 Å². The van der Waals surface area contributed by atoms with Crippen molar-refractivity contribution < 1.29 is 9.59 Å². The lowest BCUT2D eigenvalue weighted by atomic mass is 9.95. The van der Waals surface area contributed by atoms with E-state index in [-0.39, 0.29) is 11.8 Å². The summed E-state index contributed by atoms with van der Waals surface area (Å²) in [6.45, 7) is 2.25. The molecular weight excluding hydrogens is 228 g/mol. The first-order valence-electron chi connectivity index (χ1n) is 7.22. The van der Waals surface area contributed by atoms with E-state index in [1.807, 2.05) is 0 Å². The Labute approximate surface area is 110 Å². The van der Waals surface area contributed by atoms with Crippen molar-refractivity contribution in [2.24, 2.45) is 0 Å². The van der Waals surface area contributed by atoms with Gasteiger partial charge in [-0.2, -0.15) is 0 Å². The van der Waals surface area contributed by atoms with E-state index in [0.717, 1.165) is 38.6 Å². The Hall–Kier alpha value is -1.06. The van der Waals surface area contributed by atoms with Gasteiger partial charge in [0.1, 0.15) is 0 Å². The Morgan fingerprint density at radius 2 is 1.78 bits per heavy atom. The Morgan fingerprint density at radius 1 is 1.06 bits per heavy atom. The van der Waals surface area contributed by atoms with Crippen molar-refractivity contribution in [2.75, 3.05) is 6.54 Å². The first-order chi connectivity index (χ1) is 8.68. The predicted molar refractivity (Wildman–Crippen MR) is 72.2 cm³/mol. The maximum absolute atomic E-state index is 11.7. The molecule has 0 spiro atoms. The Bertz CT molecular complexity index is 261. The van der Waals surface area contributed by atoms with Crippen LogP contribution in [0.4, 0.5) is 0 Å². The van der Waals surface area contributed by atoms with Crippen LogP contribution in [-0.4, -0.2) is 24.4 Å². The van der Waals surface area contributed by atoms with E-state index in [4.69, 9.17) is 0 Å². The van der Waals surface area contributed by atoms with Gasteiger partial charge in [-0.3, -0.25) is 9.59 Å². The molecule has 1 fully saturated rings. The van der Waals surface area contributed by atoms with Gasteiger partial charge >= 0.3 is 0 Å². The second-order valence-corrected chi connectivity index (χ2v) is 5.20. The van der Waals surface area contributed by atoms with Crippen LogP contribution < -0.4 is 10.6 Å². The molecule has 2 N–H and O–H groups in total. The van der Waals surface area contributed by atoms with E-state index in [2.05, 4.69) is 10.6 Å². The fourth-order valence-corrected chi connectivity index (χ4v) is 2.40. The highest BCUT2D eigenvalue weighted by Gasteiger charge is 2.14. The zero-order valence-corrected chi connectivity index (χ0v) is 11.5. The van der Waals surface area contributed by atoms with Crippen LogP contribution in [-0.2, 0) is 9.59 Å². The molecule has 2 amide bonds. The summed E-state index contributed by atoms with van der Waals surface area (Å²) in [5.74, 6) is 0.214. The number of rotatable bonds is 7. The van der Waals surface area contributed by atoms with Crippen LogP contribution in [0.3, 0.4) is 0 Å². The number of unbranched alkanes of at least 4 members (excludes halogenated alkanes) is 2. The van der Waals surface area contributed by atoms with E-state index in [1.54, 1.807) is 0 Å². The van der Waals surface area contributed by atoms with Crippen LogP contribution in [0.2, 0.25) is 0 Å². The van der Waals surface area contributed by atoms with Gasteiger partial charge in [-0.1, -0.05) is 25.7 Å². The average molecular weight is 254 g/mol. The van der Waals surface area contributed by atoms with Crippen molar-refractivity contribution in [3.63, 3.8) is 0 Å². The third-order valence-electron chi connectivity index (χ3n) is 3.42. The highest BCUT2D eigenvalue weighted by Crippen LogP contribution is 2.17. The molecule has 1 aliphatic rings. The maximum Gasteiger partial charge on any atom is 0.220 e. The van der Waals surface area contributed by atoms with Gasteiger partial charge in [0.15, 0.2) is 0 Å². The largest absolute Gasteiger partial charge is 0.356 e. The van der Waals surface area contributed by atoms with Gasteiger partial charge in [0.25, 0.3) is 0 Å². The normalized spacial score (nSPS) is 16.3. The predicted octanol–water partition coefficient (Wildman–Crippen LogP) is 2.13. The van der Waals surface area contributed by atoms with Crippen LogP contribution in [0.15, 0.2) is 0 Å². The van der Waals surface area contributed by atoms with E-state index in [9.17, 15) is 9.59 Å². The van der Waals surface area contributed by atoms with Gasteiger partial charge in [0.05, 0.1) is 0 Å². The van der Waals surface area contributed by atoms with Gasteiger partial charge in [0, 0.05) is 25.9 Å². The molecule has 18 heavy (non-hydrogen) atoms. The third kappa shape index (κ3) is 7.30. The Balaban J connectivity index is 1.94. The summed E-state index contributed by atoms with van der Waals surface area (Å²) in [5, 5.41) is 5.88. The first-order valence-corrected chi connectivity index (χ1v) is 7.22. The molecule has 0 heterocycles. The van der Waals surface area contributed by atoms with Crippen LogP contribution in [0, 0.1) is 0 Å². The van der Waals surface area contributed by atoms with Crippen molar-refractivity contribution in [1.29, 1.82) is 0 Å². The van der Waals surface area contributed by atoms with Crippen LogP contribution in [0.25, 0.3) is 0 Å². The lowest BCUT2D eigenvalue weighted by Gasteiger charge is -2.22. The molecule has 0 bridgehead atoms. The van der Waals surface area contributed by atoms with E-state index < -0.39 is 0 Å². The van der Waals surface area contributed by atoms with Crippen LogP contribution in [0.5, 0.6) is 0 Å². The van der Waals surface area contributed by atoms with Crippen molar-refractivity contribution in [1.82, 2.24) is 10.6 Å². The first kappa shape index (κ1) is 15.0.